The molecular weight excluding hydrogens is 280 g/mol. The first-order valence-electron chi connectivity index (χ1n) is 8.15. The van der Waals surface area contributed by atoms with Crippen LogP contribution in [0.2, 0.25) is 5.15 Å². The third-order valence-corrected chi connectivity index (χ3v) is 5.49. The fraction of sp³-hybridized carbons (Fsp3) is 0.647. The van der Waals surface area contributed by atoms with Gasteiger partial charge in [-0.3, -0.25) is 0 Å². The second kappa shape index (κ2) is 6.52. The minimum atomic E-state index is 0.315. The molecule has 0 bridgehead atoms. The topological polar surface area (TPSA) is 22.1 Å². The summed E-state index contributed by atoms with van der Waals surface area (Å²) in [5.74, 6) is 0.828. The van der Waals surface area contributed by atoms with Crippen LogP contribution in [0.3, 0.4) is 0 Å². The number of pyridine rings is 1. The summed E-state index contributed by atoms with van der Waals surface area (Å²) in [5.41, 5.74) is 1.56. The zero-order valence-corrected chi connectivity index (χ0v) is 13.4. The van der Waals surface area contributed by atoms with Crippen LogP contribution in [0.15, 0.2) is 12.3 Å². The minimum absolute atomic E-state index is 0.315. The predicted molar refractivity (Wildman–Crippen MR) is 90.2 cm³/mol. The standard InChI is InChI=1S/C17H23BClNO/c1-18-14-12-20-16(19)11-15(14)21-13-5-9-17(10-6-13)7-3-2-4-8-17/h11-13H,1-10H2. The van der Waals surface area contributed by atoms with Gasteiger partial charge >= 0.3 is 133 Å². The van der Waals surface area contributed by atoms with Crippen LogP contribution >= 0.6 is 11.6 Å². The van der Waals surface area contributed by atoms with Gasteiger partial charge in [-0.15, -0.1) is 0 Å². The molecule has 2 saturated carbocycles. The van der Waals surface area contributed by atoms with E-state index < -0.39 is 0 Å². The fourth-order valence-corrected chi connectivity index (χ4v) is 4.13. The summed E-state index contributed by atoms with van der Waals surface area (Å²) in [6, 6.07) is 1.81. The molecule has 4 heteroatoms. The molecule has 0 saturated heterocycles. The average Bonchev–Trinajstić information content (AvgIpc) is 2.51. The molecule has 1 spiro atoms. The van der Waals surface area contributed by atoms with Crippen molar-refractivity contribution in [3.8, 4) is 5.75 Å². The van der Waals surface area contributed by atoms with Crippen LogP contribution in [-0.4, -0.2) is 24.5 Å². The van der Waals surface area contributed by atoms with Crippen molar-refractivity contribution in [3.05, 3.63) is 17.4 Å². The molecule has 0 N–H and O–H groups in total. The molecule has 3 rings (SSSR count). The van der Waals surface area contributed by atoms with Crippen LogP contribution in [-0.2, 0) is 0 Å². The van der Waals surface area contributed by atoms with Gasteiger partial charge in [0.2, 0.25) is 0 Å². The van der Waals surface area contributed by atoms with Crippen molar-refractivity contribution < 1.29 is 4.74 Å². The Labute approximate surface area is 133 Å². The normalized spacial score (nSPS) is 22.0. The van der Waals surface area contributed by atoms with Crippen LogP contribution in [0, 0.1) is 5.41 Å². The fourth-order valence-electron chi connectivity index (χ4n) is 3.98. The monoisotopic (exact) mass is 303 g/mol. The van der Waals surface area contributed by atoms with E-state index in [1.165, 1.54) is 44.9 Å². The molecule has 1 aromatic heterocycles. The Morgan fingerprint density at radius 2 is 1.90 bits per heavy atom. The summed E-state index contributed by atoms with van der Waals surface area (Å²) in [7, 11) is 0. The van der Waals surface area contributed by atoms with Gasteiger partial charge in [0.25, 0.3) is 0 Å². The number of aromatic nitrogens is 1. The molecule has 1 aromatic rings. The summed E-state index contributed by atoms with van der Waals surface area (Å²) in [6.07, 6.45) is 14.1. The van der Waals surface area contributed by atoms with Crippen LogP contribution < -0.4 is 10.2 Å². The Morgan fingerprint density at radius 3 is 2.57 bits per heavy atom. The van der Waals surface area contributed by atoms with Gasteiger partial charge in [0.15, 0.2) is 0 Å². The Kier molecular flexibility index (Phi) is 4.68. The van der Waals surface area contributed by atoms with Crippen molar-refractivity contribution in [3.63, 3.8) is 0 Å². The first-order chi connectivity index (χ1) is 10.2. The van der Waals surface area contributed by atoms with Gasteiger partial charge in [0.05, 0.1) is 0 Å². The van der Waals surface area contributed by atoms with Crippen molar-refractivity contribution in [2.75, 3.05) is 0 Å². The molecule has 0 radical (unpaired) electrons. The molecule has 1 heterocycles. The molecule has 2 fully saturated rings. The molecule has 112 valence electrons. The van der Waals surface area contributed by atoms with Crippen molar-refractivity contribution in [2.24, 2.45) is 5.41 Å². The number of halogens is 1. The summed E-state index contributed by atoms with van der Waals surface area (Å²) in [4.78, 5) is 4.09. The van der Waals surface area contributed by atoms with Crippen LogP contribution in [0.1, 0.15) is 57.8 Å². The zero-order chi connectivity index (χ0) is 14.7. The van der Waals surface area contributed by atoms with E-state index in [2.05, 4.69) is 11.5 Å². The van der Waals surface area contributed by atoms with E-state index in [0.29, 0.717) is 16.7 Å². The van der Waals surface area contributed by atoms with E-state index in [4.69, 9.17) is 16.3 Å². The van der Waals surface area contributed by atoms with Gasteiger partial charge in [-0.1, -0.05) is 0 Å². The molecule has 0 atom stereocenters. The second-order valence-electron chi connectivity index (χ2n) is 6.63. The van der Waals surface area contributed by atoms with E-state index in [0.717, 1.165) is 24.1 Å². The number of hydrogen-bond donors (Lipinski definition) is 0. The quantitative estimate of drug-likeness (QED) is 0.626. The number of rotatable bonds is 3. The van der Waals surface area contributed by atoms with E-state index in [1.807, 2.05) is 6.07 Å². The van der Waals surface area contributed by atoms with E-state index >= 15 is 0 Å². The Morgan fingerprint density at radius 1 is 1.19 bits per heavy atom. The second-order valence-corrected chi connectivity index (χ2v) is 7.01. The predicted octanol–water partition coefficient (Wildman–Crippen LogP) is 3.77. The van der Waals surface area contributed by atoms with E-state index in [1.54, 1.807) is 13.1 Å². The first kappa shape index (κ1) is 15.1. The molecule has 21 heavy (non-hydrogen) atoms. The van der Waals surface area contributed by atoms with E-state index in [-0.39, 0.29) is 0 Å². The SMILES string of the molecule is C=Bc1cnc(Cl)cc1OC1CCC2(CCCCC2)CC1. The molecule has 2 nitrogen and oxygen atoms in total. The van der Waals surface area contributed by atoms with E-state index in [9.17, 15) is 0 Å². The summed E-state index contributed by atoms with van der Waals surface area (Å²) in [6.45, 7) is 5.60. The first-order valence-corrected chi connectivity index (χ1v) is 8.53. The van der Waals surface area contributed by atoms with Gasteiger partial charge in [-0.25, -0.2) is 0 Å². The summed E-state index contributed by atoms with van der Waals surface area (Å²) < 4.78 is 6.20. The average molecular weight is 304 g/mol. The van der Waals surface area contributed by atoms with Crippen molar-refractivity contribution in [1.29, 1.82) is 0 Å². The summed E-state index contributed by atoms with van der Waals surface area (Å²) in [5, 5.41) is 0.482. The maximum absolute atomic E-state index is 6.20. The molecule has 0 amide bonds. The van der Waals surface area contributed by atoms with Crippen LogP contribution in [0.4, 0.5) is 0 Å². The van der Waals surface area contributed by atoms with Gasteiger partial charge in [0.1, 0.15) is 0 Å². The Balaban J connectivity index is 1.62. The molecule has 2 aliphatic rings. The van der Waals surface area contributed by atoms with Crippen molar-refractivity contribution in [2.45, 2.75) is 63.9 Å². The zero-order valence-electron chi connectivity index (χ0n) is 12.6. The molecule has 0 unspecified atom stereocenters. The van der Waals surface area contributed by atoms with Crippen LogP contribution in [0.5, 0.6) is 5.75 Å². The Bertz CT molecular complexity index is 504. The number of ether oxygens (including phenoxy) is 1. The number of nitrogens with zero attached hydrogens (tertiary/aromatic N) is 1. The Hall–Kier alpha value is -0.825. The van der Waals surface area contributed by atoms with Gasteiger partial charge in [0, 0.05) is 0 Å². The summed E-state index contributed by atoms with van der Waals surface area (Å²) >= 11 is 5.98. The molecule has 0 aliphatic heterocycles. The molecular formula is C17H23BClNO. The third-order valence-electron chi connectivity index (χ3n) is 5.28. The molecule has 2 aliphatic carbocycles. The van der Waals surface area contributed by atoms with Crippen molar-refractivity contribution in [1.82, 2.24) is 4.98 Å². The third kappa shape index (κ3) is 3.50. The van der Waals surface area contributed by atoms with Gasteiger partial charge < -0.3 is 0 Å². The van der Waals surface area contributed by atoms with Gasteiger partial charge in [-0.2, -0.15) is 0 Å². The van der Waals surface area contributed by atoms with Crippen LogP contribution in [0.25, 0.3) is 0 Å². The van der Waals surface area contributed by atoms with Gasteiger partial charge in [-0.05, 0) is 0 Å². The molecule has 0 aromatic carbocycles. The number of hydrogen-bond acceptors (Lipinski definition) is 2. The maximum atomic E-state index is 6.20. The van der Waals surface area contributed by atoms with Crippen molar-refractivity contribution >= 4 is 30.5 Å².